The van der Waals surface area contributed by atoms with Crippen molar-refractivity contribution in [2.75, 3.05) is 19.8 Å². The van der Waals surface area contributed by atoms with Crippen LogP contribution in [0.1, 0.15) is 11.7 Å². The van der Waals surface area contributed by atoms with Crippen molar-refractivity contribution in [3.05, 3.63) is 52.1 Å². The van der Waals surface area contributed by atoms with Crippen LogP contribution in [-0.4, -0.2) is 29.5 Å². The van der Waals surface area contributed by atoms with Crippen molar-refractivity contribution in [2.45, 2.75) is 6.04 Å². The fourth-order valence-corrected chi connectivity index (χ4v) is 3.75. The van der Waals surface area contributed by atoms with Gasteiger partial charge in [-0.1, -0.05) is 47.5 Å². The van der Waals surface area contributed by atoms with Crippen molar-refractivity contribution in [1.29, 1.82) is 0 Å². The molecule has 1 saturated heterocycles. The number of nitrogens with zero attached hydrogens (tertiary/aromatic N) is 3. The fourth-order valence-electron chi connectivity index (χ4n) is 3.24. The summed E-state index contributed by atoms with van der Waals surface area (Å²) in [4.78, 5) is 0. The van der Waals surface area contributed by atoms with Crippen LogP contribution in [0.15, 0.2) is 36.4 Å². The van der Waals surface area contributed by atoms with Gasteiger partial charge in [0.1, 0.15) is 5.52 Å². The van der Waals surface area contributed by atoms with E-state index in [0.29, 0.717) is 23.3 Å². The minimum absolute atomic E-state index is 0.0182. The Balaban J connectivity index is 1.89. The summed E-state index contributed by atoms with van der Waals surface area (Å²) in [6.07, 6.45) is 0. The van der Waals surface area contributed by atoms with Gasteiger partial charge in [-0.25, -0.2) is 5.32 Å². The van der Waals surface area contributed by atoms with Crippen LogP contribution in [0.4, 0.5) is 0 Å². The molecule has 0 saturated carbocycles. The number of morpholine rings is 1. The molecule has 123 valence electrons. The van der Waals surface area contributed by atoms with E-state index in [1.54, 1.807) is 6.07 Å². The van der Waals surface area contributed by atoms with Crippen molar-refractivity contribution < 1.29 is 4.74 Å². The third kappa shape index (κ3) is 2.70. The second-order valence-corrected chi connectivity index (χ2v) is 6.68. The second-order valence-electron chi connectivity index (χ2n) is 5.83. The number of rotatable bonds is 2. The summed E-state index contributed by atoms with van der Waals surface area (Å²) in [5.41, 5.74) is 3.91. The van der Waals surface area contributed by atoms with Crippen LogP contribution < -0.4 is 5.32 Å². The standard InChI is InChI=1S/C18H16Cl2N3O/c1-23-18(16-10-24-8-7-21-16)14-4-2-3-13(17(14)22-23)12-6-5-11(19)9-15(12)20/h2-6,9,16H,7-8,10H2,1H3. The molecule has 6 heteroatoms. The normalized spacial score (nSPS) is 18.2. The summed E-state index contributed by atoms with van der Waals surface area (Å²) in [5.74, 6) is 0. The van der Waals surface area contributed by atoms with E-state index in [-0.39, 0.29) is 6.04 Å². The molecular weight excluding hydrogens is 345 g/mol. The average molecular weight is 361 g/mol. The Hall–Kier alpha value is -1.59. The minimum atomic E-state index is 0.0182. The average Bonchev–Trinajstić information content (AvgIpc) is 2.92. The molecule has 0 aliphatic carbocycles. The van der Waals surface area contributed by atoms with Gasteiger partial charge in [0.15, 0.2) is 0 Å². The monoisotopic (exact) mass is 360 g/mol. The fraction of sp³-hybridized carbons (Fsp3) is 0.278. The topological polar surface area (TPSA) is 41.2 Å². The zero-order valence-electron chi connectivity index (χ0n) is 13.2. The van der Waals surface area contributed by atoms with Gasteiger partial charge in [-0.2, -0.15) is 5.10 Å². The van der Waals surface area contributed by atoms with Gasteiger partial charge in [-0.3, -0.25) is 4.68 Å². The van der Waals surface area contributed by atoms with Crippen LogP contribution in [0.5, 0.6) is 0 Å². The number of aryl methyl sites for hydroxylation is 1. The van der Waals surface area contributed by atoms with Gasteiger partial charge in [-0.15, -0.1) is 0 Å². The summed E-state index contributed by atoms with van der Waals surface area (Å²) < 4.78 is 7.49. The first kappa shape index (κ1) is 15.9. The lowest BCUT2D eigenvalue weighted by Gasteiger charge is -2.22. The van der Waals surface area contributed by atoms with Gasteiger partial charge in [0, 0.05) is 40.2 Å². The van der Waals surface area contributed by atoms with Crippen molar-refractivity contribution in [3.63, 3.8) is 0 Å². The van der Waals surface area contributed by atoms with Crippen LogP contribution in [0.25, 0.3) is 22.0 Å². The van der Waals surface area contributed by atoms with E-state index in [1.165, 1.54) is 0 Å². The molecule has 1 atom stereocenters. The Bertz CT molecular complexity index is 901. The third-order valence-corrected chi connectivity index (χ3v) is 4.86. The van der Waals surface area contributed by atoms with Crippen molar-refractivity contribution in [2.24, 2.45) is 7.05 Å². The van der Waals surface area contributed by atoms with Gasteiger partial charge in [0.2, 0.25) is 0 Å². The highest BCUT2D eigenvalue weighted by Crippen LogP contribution is 2.36. The quantitative estimate of drug-likeness (QED) is 0.686. The van der Waals surface area contributed by atoms with Crippen LogP contribution in [0, 0.1) is 0 Å². The number of benzene rings is 2. The number of ether oxygens (including phenoxy) is 1. The Morgan fingerprint density at radius 3 is 2.79 bits per heavy atom. The molecule has 2 aromatic carbocycles. The van der Waals surface area contributed by atoms with E-state index in [2.05, 4.69) is 11.4 Å². The van der Waals surface area contributed by atoms with E-state index in [4.69, 9.17) is 33.0 Å². The predicted molar refractivity (Wildman–Crippen MR) is 96.7 cm³/mol. The number of halogens is 2. The van der Waals surface area contributed by atoms with E-state index in [9.17, 15) is 0 Å². The maximum atomic E-state index is 6.40. The third-order valence-electron chi connectivity index (χ3n) is 4.31. The van der Waals surface area contributed by atoms with Crippen LogP contribution in [0.2, 0.25) is 10.0 Å². The van der Waals surface area contributed by atoms with E-state index in [0.717, 1.165) is 34.3 Å². The highest BCUT2D eigenvalue weighted by Gasteiger charge is 2.24. The van der Waals surface area contributed by atoms with Crippen molar-refractivity contribution >= 4 is 34.1 Å². The molecule has 1 unspecified atom stereocenters. The first-order valence-corrected chi connectivity index (χ1v) is 8.56. The Morgan fingerprint density at radius 2 is 2.04 bits per heavy atom. The molecule has 1 aliphatic heterocycles. The van der Waals surface area contributed by atoms with E-state index >= 15 is 0 Å². The second kappa shape index (κ2) is 6.37. The van der Waals surface area contributed by atoms with E-state index < -0.39 is 0 Å². The largest absolute Gasteiger partial charge is 0.378 e. The zero-order chi connectivity index (χ0) is 16.7. The summed E-state index contributed by atoms with van der Waals surface area (Å²) in [5, 5.41) is 11.7. The molecular formula is C18H16Cl2N3O. The summed E-state index contributed by atoms with van der Waals surface area (Å²) in [7, 11) is 1.95. The maximum Gasteiger partial charge on any atom is 0.101 e. The van der Waals surface area contributed by atoms with Gasteiger partial charge >= 0.3 is 0 Å². The van der Waals surface area contributed by atoms with Gasteiger partial charge in [-0.05, 0) is 12.1 Å². The molecule has 0 bridgehead atoms. The number of hydrogen-bond acceptors (Lipinski definition) is 2. The SMILES string of the molecule is Cn1nc2c(-c3ccc(Cl)cc3Cl)cccc2c1C1COCC[N]1. The highest BCUT2D eigenvalue weighted by atomic mass is 35.5. The van der Waals surface area contributed by atoms with Gasteiger partial charge in [0.05, 0.1) is 24.9 Å². The molecule has 0 N–H and O–H groups in total. The molecule has 2 heterocycles. The van der Waals surface area contributed by atoms with Gasteiger partial charge < -0.3 is 4.74 Å². The molecule has 0 amide bonds. The lowest BCUT2D eigenvalue weighted by atomic mass is 10.0. The lowest BCUT2D eigenvalue weighted by molar-refractivity contribution is 0.0724. The molecule has 1 radical (unpaired) electrons. The summed E-state index contributed by atoms with van der Waals surface area (Å²) in [6, 6.07) is 11.7. The summed E-state index contributed by atoms with van der Waals surface area (Å²) in [6.45, 7) is 2.01. The Kier molecular flexibility index (Phi) is 4.22. The molecule has 1 fully saturated rings. The minimum Gasteiger partial charge on any atom is -0.378 e. The number of aromatic nitrogens is 2. The number of hydrogen-bond donors (Lipinski definition) is 0. The first-order chi connectivity index (χ1) is 11.6. The Labute approximate surface area is 150 Å². The maximum absolute atomic E-state index is 6.40. The highest BCUT2D eigenvalue weighted by molar-refractivity contribution is 6.36. The Morgan fingerprint density at radius 1 is 1.17 bits per heavy atom. The van der Waals surface area contributed by atoms with Crippen molar-refractivity contribution in [1.82, 2.24) is 15.1 Å². The zero-order valence-corrected chi connectivity index (χ0v) is 14.7. The smallest absolute Gasteiger partial charge is 0.101 e. The van der Waals surface area contributed by atoms with Gasteiger partial charge in [0.25, 0.3) is 0 Å². The molecule has 4 nitrogen and oxygen atoms in total. The van der Waals surface area contributed by atoms with Crippen LogP contribution >= 0.6 is 23.2 Å². The molecule has 0 spiro atoms. The van der Waals surface area contributed by atoms with Crippen LogP contribution in [-0.2, 0) is 11.8 Å². The molecule has 4 rings (SSSR count). The first-order valence-electron chi connectivity index (χ1n) is 7.80. The lowest BCUT2D eigenvalue weighted by Crippen LogP contribution is -2.30. The molecule has 3 aromatic rings. The summed E-state index contributed by atoms with van der Waals surface area (Å²) >= 11 is 12.4. The van der Waals surface area contributed by atoms with E-state index in [1.807, 2.05) is 36.0 Å². The van der Waals surface area contributed by atoms with Crippen molar-refractivity contribution in [3.8, 4) is 11.1 Å². The molecule has 1 aliphatic rings. The predicted octanol–water partition coefficient (Wildman–Crippen LogP) is 4.22. The molecule has 1 aromatic heterocycles. The molecule has 24 heavy (non-hydrogen) atoms. The van der Waals surface area contributed by atoms with Crippen LogP contribution in [0.3, 0.4) is 0 Å². The number of fused-ring (bicyclic) bond motifs is 1.